The largest absolute Gasteiger partial charge is 0.493 e. The normalized spacial score (nSPS) is 11.3. The summed E-state index contributed by atoms with van der Waals surface area (Å²) in [4.78, 5) is 16.5. The summed E-state index contributed by atoms with van der Waals surface area (Å²) in [5.41, 5.74) is -0.246. The van der Waals surface area contributed by atoms with Gasteiger partial charge in [-0.25, -0.2) is 4.79 Å². The highest BCUT2D eigenvalue weighted by atomic mass is 35.5. The smallest absolute Gasteiger partial charge is 0.355 e. The van der Waals surface area contributed by atoms with Crippen molar-refractivity contribution >= 4 is 23.2 Å². The van der Waals surface area contributed by atoms with Gasteiger partial charge in [0, 0.05) is 33.9 Å². The highest BCUT2D eigenvalue weighted by molar-refractivity contribution is 6.35. The third-order valence-electron chi connectivity index (χ3n) is 4.18. The van der Waals surface area contributed by atoms with E-state index in [1.54, 1.807) is 62.5 Å². The van der Waals surface area contributed by atoms with E-state index in [2.05, 4.69) is 4.98 Å². The molecule has 0 fully saturated rings. The van der Waals surface area contributed by atoms with E-state index in [0.717, 1.165) is 5.56 Å². The summed E-state index contributed by atoms with van der Waals surface area (Å²) in [6.45, 7) is 3.52. The Morgan fingerprint density at radius 1 is 1.06 bits per heavy atom. The summed E-state index contributed by atoms with van der Waals surface area (Å²) in [5.74, 6) is 1.05. The molecule has 31 heavy (non-hydrogen) atoms. The maximum atomic E-state index is 12.5. The zero-order chi connectivity index (χ0) is 22.6. The van der Waals surface area contributed by atoms with Crippen LogP contribution in [0.5, 0.6) is 17.4 Å². The van der Waals surface area contributed by atoms with Crippen LogP contribution >= 0.6 is 23.2 Å². The molecule has 3 aromatic rings. The SMILES string of the molecule is COc1cc(-n2ccc(OCc3ccc(Cl)cc3Cl)nc2=O)ccc1OCC(C)(C)O. The van der Waals surface area contributed by atoms with Crippen LogP contribution in [-0.2, 0) is 6.61 Å². The number of methoxy groups -OCH3 is 1. The highest BCUT2D eigenvalue weighted by Gasteiger charge is 2.16. The van der Waals surface area contributed by atoms with Gasteiger partial charge in [-0.15, -0.1) is 0 Å². The van der Waals surface area contributed by atoms with E-state index < -0.39 is 11.3 Å². The first-order chi connectivity index (χ1) is 14.7. The fourth-order valence-electron chi connectivity index (χ4n) is 2.63. The van der Waals surface area contributed by atoms with E-state index in [1.807, 2.05) is 0 Å². The number of benzene rings is 2. The molecule has 1 aromatic heterocycles. The second kappa shape index (κ2) is 9.60. The quantitative estimate of drug-likeness (QED) is 0.535. The van der Waals surface area contributed by atoms with Crippen molar-refractivity contribution in [1.82, 2.24) is 9.55 Å². The van der Waals surface area contributed by atoms with E-state index in [-0.39, 0.29) is 19.1 Å². The molecule has 0 unspecified atom stereocenters. The minimum atomic E-state index is -0.989. The van der Waals surface area contributed by atoms with Gasteiger partial charge in [-0.1, -0.05) is 29.3 Å². The molecule has 0 spiro atoms. The van der Waals surface area contributed by atoms with Crippen LogP contribution in [0, 0.1) is 0 Å². The van der Waals surface area contributed by atoms with Gasteiger partial charge in [-0.2, -0.15) is 4.98 Å². The van der Waals surface area contributed by atoms with Crippen LogP contribution in [0.2, 0.25) is 10.0 Å². The molecule has 0 amide bonds. The molecule has 1 heterocycles. The van der Waals surface area contributed by atoms with Crippen molar-refractivity contribution in [2.75, 3.05) is 13.7 Å². The Morgan fingerprint density at radius 2 is 1.84 bits per heavy atom. The van der Waals surface area contributed by atoms with Gasteiger partial charge in [-0.3, -0.25) is 4.57 Å². The number of hydrogen-bond donors (Lipinski definition) is 1. The number of hydrogen-bond acceptors (Lipinski definition) is 6. The van der Waals surface area contributed by atoms with Crippen molar-refractivity contribution in [2.24, 2.45) is 0 Å². The lowest BCUT2D eigenvalue weighted by molar-refractivity contribution is 0.0276. The summed E-state index contributed by atoms with van der Waals surface area (Å²) in [6, 6.07) is 11.7. The van der Waals surface area contributed by atoms with Crippen LogP contribution < -0.4 is 19.9 Å². The summed E-state index contributed by atoms with van der Waals surface area (Å²) in [6.07, 6.45) is 1.56. The minimum Gasteiger partial charge on any atom is -0.493 e. The van der Waals surface area contributed by atoms with Crippen LogP contribution in [0.3, 0.4) is 0 Å². The standard InChI is InChI=1S/C22H22Cl2N2O5/c1-22(2,28)13-31-18-7-6-16(11-19(18)29-3)26-9-8-20(25-21(26)27)30-12-14-4-5-15(23)10-17(14)24/h4-11,28H,12-13H2,1-3H3. The maximum Gasteiger partial charge on any atom is 0.355 e. The summed E-state index contributed by atoms with van der Waals surface area (Å²) in [5, 5.41) is 10.8. The zero-order valence-corrected chi connectivity index (χ0v) is 18.8. The summed E-state index contributed by atoms with van der Waals surface area (Å²) in [7, 11) is 1.50. The van der Waals surface area contributed by atoms with Crippen molar-refractivity contribution in [3.63, 3.8) is 0 Å². The first-order valence-electron chi connectivity index (χ1n) is 9.36. The Morgan fingerprint density at radius 3 is 2.48 bits per heavy atom. The summed E-state index contributed by atoms with van der Waals surface area (Å²) >= 11 is 12.0. The first kappa shape index (κ1) is 22.9. The van der Waals surface area contributed by atoms with Crippen LogP contribution in [0.15, 0.2) is 53.5 Å². The van der Waals surface area contributed by atoms with E-state index in [1.165, 1.54) is 11.7 Å². The molecule has 0 saturated heterocycles. The molecule has 9 heteroatoms. The monoisotopic (exact) mass is 464 g/mol. The summed E-state index contributed by atoms with van der Waals surface area (Å²) < 4.78 is 17.9. The zero-order valence-electron chi connectivity index (χ0n) is 17.3. The number of rotatable bonds is 8. The minimum absolute atomic E-state index is 0.0912. The van der Waals surface area contributed by atoms with E-state index in [9.17, 15) is 9.90 Å². The van der Waals surface area contributed by atoms with Gasteiger partial charge in [0.15, 0.2) is 11.5 Å². The number of ether oxygens (including phenoxy) is 3. The predicted octanol–water partition coefficient (Wildman–Crippen LogP) is 4.28. The predicted molar refractivity (Wildman–Crippen MR) is 119 cm³/mol. The molecule has 0 aliphatic heterocycles. The van der Waals surface area contributed by atoms with E-state index in [0.29, 0.717) is 27.2 Å². The van der Waals surface area contributed by atoms with Crippen molar-refractivity contribution in [3.8, 4) is 23.1 Å². The van der Waals surface area contributed by atoms with Gasteiger partial charge >= 0.3 is 5.69 Å². The molecule has 164 valence electrons. The van der Waals surface area contributed by atoms with E-state index in [4.69, 9.17) is 37.4 Å². The van der Waals surface area contributed by atoms with Crippen LogP contribution in [-0.4, -0.2) is 34.0 Å². The lowest BCUT2D eigenvalue weighted by atomic mass is 10.2. The van der Waals surface area contributed by atoms with Crippen molar-refractivity contribution < 1.29 is 19.3 Å². The lowest BCUT2D eigenvalue weighted by Gasteiger charge is -2.19. The average Bonchev–Trinajstić information content (AvgIpc) is 2.71. The molecule has 0 bridgehead atoms. The first-order valence-corrected chi connectivity index (χ1v) is 10.1. The van der Waals surface area contributed by atoms with E-state index >= 15 is 0 Å². The molecule has 0 atom stereocenters. The van der Waals surface area contributed by atoms with Crippen molar-refractivity contribution in [1.29, 1.82) is 0 Å². The van der Waals surface area contributed by atoms with Crippen LogP contribution in [0.25, 0.3) is 5.69 Å². The van der Waals surface area contributed by atoms with Crippen LogP contribution in [0.4, 0.5) is 0 Å². The Balaban J connectivity index is 1.77. The van der Waals surface area contributed by atoms with Gasteiger partial charge in [-0.05, 0) is 38.1 Å². The molecule has 0 aliphatic carbocycles. The van der Waals surface area contributed by atoms with Gasteiger partial charge in [0.25, 0.3) is 0 Å². The lowest BCUT2D eigenvalue weighted by Crippen LogP contribution is -2.28. The molecule has 1 N–H and O–H groups in total. The second-order valence-corrected chi connectivity index (χ2v) is 8.22. The number of aromatic nitrogens is 2. The molecular weight excluding hydrogens is 443 g/mol. The van der Waals surface area contributed by atoms with Gasteiger partial charge in [0.2, 0.25) is 5.88 Å². The molecule has 2 aromatic carbocycles. The molecule has 7 nitrogen and oxygen atoms in total. The Hall–Kier alpha value is -2.74. The molecule has 0 radical (unpaired) electrons. The van der Waals surface area contributed by atoms with Gasteiger partial charge in [0.05, 0.1) is 18.4 Å². The van der Waals surface area contributed by atoms with Crippen molar-refractivity contribution in [3.05, 3.63) is 74.8 Å². The number of nitrogens with zero attached hydrogens (tertiary/aromatic N) is 2. The van der Waals surface area contributed by atoms with Crippen LogP contribution in [0.1, 0.15) is 19.4 Å². The number of halogens is 2. The fourth-order valence-corrected chi connectivity index (χ4v) is 3.10. The third kappa shape index (κ3) is 6.13. The van der Waals surface area contributed by atoms with Gasteiger partial charge < -0.3 is 19.3 Å². The Labute approximate surface area is 189 Å². The number of aliphatic hydroxyl groups is 1. The third-order valence-corrected chi connectivity index (χ3v) is 4.76. The molecular formula is C22H22Cl2N2O5. The average molecular weight is 465 g/mol. The molecule has 3 rings (SSSR count). The van der Waals surface area contributed by atoms with Crippen molar-refractivity contribution in [2.45, 2.75) is 26.1 Å². The fraction of sp³-hybridized carbons (Fsp3) is 0.273. The topological polar surface area (TPSA) is 82.8 Å². The Bertz CT molecular complexity index is 1130. The Kier molecular flexibility index (Phi) is 7.10. The van der Waals surface area contributed by atoms with Gasteiger partial charge in [0.1, 0.15) is 13.2 Å². The molecule has 0 aliphatic rings. The second-order valence-electron chi connectivity index (χ2n) is 7.38. The maximum absolute atomic E-state index is 12.5. The molecule has 0 saturated carbocycles. The highest BCUT2D eigenvalue weighted by Crippen LogP contribution is 2.30.